The van der Waals surface area contributed by atoms with Gasteiger partial charge >= 0.3 is 0 Å². The summed E-state index contributed by atoms with van der Waals surface area (Å²) in [5.41, 5.74) is 7.79. The van der Waals surface area contributed by atoms with Crippen LogP contribution in [0.25, 0.3) is 0 Å². The lowest BCUT2D eigenvalue weighted by atomic mass is 10.1. The first-order valence-electron chi connectivity index (χ1n) is 6.63. The summed E-state index contributed by atoms with van der Waals surface area (Å²) >= 11 is 0. The molecule has 0 aliphatic heterocycles. The first kappa shape index (κ1) is 14.1. The lowest BCUT2D eigenvalue weighted by Crippen LogP contribution is -2.13. The Hall–Kier alpha value is -2.30. The number of nitrogen functional groups attached to an aromatic ring is 1. The second kappa shape index (κ2) is 6.23. The number of methoxy groups -OCH3 is 1. The maximum atomic E-state index is 12.5. The summed E-state index contributed by atoms with van der Waals surface area (Å²) in [4.78, 5) is 12.5. The van der Waals surface area contributed by atoms with E-state index in [1.165, 1.54) is 0 Å². The van der Waals surface area contributed by atoms with Gasteiger partial charge in [-0.05, 0) is 24.1 Å². The van der Waals surface area contributed by atoms with Crippen LogP contribution in [0.2, 0.25) is 0 Å². The maximum Gasteiger partial charge on any atom is 0.189 e. The fraction of sp³-hybridized carbons (Fsp3) is 0.333. The van der Waals surface area contributed by atoms with Gasteiger partial charge in [-0.3, -0.25) is 9.48 Å². The highest BCUT2D eigenvalue weighted by Gasteiger charge is 2.19. The third-order valence-corrected chi connectivity index (χ3v) is 3.07. The lowest BCUT2D eigenvalue weighted by molar-refractivity contribution is 0.0979. The van der Waals surface area contributed by atoms with Gasteiger partial charge in [0.25, 0.3) is 0 Å². The van der Waals surface area contributed by atoms with Gasteiger partial charge < -0.3 is 10.5 Å². The van der Waals surface area contributed by atoms with Crippen molar-refractivity contribution >= 4 is 11.5 Å². The van der Waals surface area contributed by atoms with Gasteiger partial charge in [0.1, 0.15) is 5.69 Å². The van der Waals surface area contributed by atoms with Crippen LogP contribution in [-0.4, -0.2) is 22.7 Å². The Morgan fingerprint density at radius 1 is 1.35 bits per heavy atom. The van der Waals surface area contributed by atoms with Crippen molar-refractivity contribution in [3.63, 3.8) is 0 Å². The van der Waals surface area contributed by atoms with Crippen molar-refractivity contribution in [1.29, 1.82) is 0 Å². The van der Waals surface area contributed by atoms with E-state index in [0.717, 1.165) is 12.0 Å². The Bertz CT molecular complexity index is 588. The molecule has 106 valence electrons. The van der Waals surface area contributed by atoms with Crippen molar-refractivity contribution in [1.82, 2.24) is 9.78 Å². The van der Waals surface area contributed by atoms with Crippen LogP contribution in [0.3, 0.4) is 0 Å². The van der Waals surface area contributed by atoms with Crippen LogP contribution >= 0.6 is 0 Å². The number of anilines is 1. The minimum Gasteiger partial charge on any atom is -0.493 e. The normalized spacial score (nSPS) is 10.5. The van der Waals surface area contributed by atoms with E-state index < -0.39 is 0 Å². The molecule has 0 atom stereocenters. The quantitative estimate of drug-likeness (QED) is 0.647. The molecule has 0 aliphatic carbocycles. The number of carbonyl (C=O) groups is 1. The Morgan fingerprint density at radius 3 is 2.65 bits per heavy atom. The minimum absolute atomic E-state index is 0.00225. The molecular weight excluding hydrogens is 254 g/mol. The summed E-state index contributed by atoms with van der Waals surface area (Å²) in [6, 6.07) is 7.31. The summed E-state index contributed by atoms with van der Waals surface area (Å²) in [6.07, 6.45) is 2.81. The fourth-order valence-electron chi connectivity index (χ4n) is 2.08. The third-order valence-electron chi connectivity index (χ3n) is 3.07. The standard InChI is InChI=1S/C15H19N3O2/c1-3-8-18-15(14(20-2)10-17-18)13(19)9-11-4-6-12(16)7-5-11/h4-7,10H,3,8-9,16H2,1-2H3. The second-order valence-electron chi connectivity index (χ2n) is 4.63. The number of nitrogens with two attached hydrogens (primary N) is 1. The molecule has 0 saturated heterocycles. The molecule has 0 aliphatic rings. The van der Waals surface area contributed by atoms with E-state index in [4.69, 9.17) is 10.5 Å². The zero-order chi connectivity index (χ0) is 14.5. The average molecular weight is 273 g/mol. The zero-order valence-corrected chi connectivity index (χ0v) is 11.8. The molecule has 0 fully saturated rings. The van der Waals surface area contributed by atoms with E-state index in [2.05, 4.69) is 5.10 Å². The molecule has 2 N–H and O–H groups in total. The molecule has 1 aromatic heterocycles. The summed E-state index contributed by atoms with van der Waals surface area (Å²) in [5, 5.41) is 4.20. The Morgan fingerprint density at radius 2 is 2.05 bits per heavy atom. The molecule has 5 nitrogen and oxygen atoms in total. The van der Waals surface area contributed by atoms with Crippen molar-refractivity contribution in [3.05, 3.63) is 41.7 Å². The summed E-state index contributed by atoms with van der Waals surface area (Å²) in [6.45, 7) is 2.74. The number of hydrogen-bond donors (Lipinski definition) is 1. The molecule has 2 aromatic rings. The van der Waals surface area contributed by atoms with E-state index >= 15 is 0 Å². The second-order valence-corrected chi connectivity index (χ2v) is 4.63. The SMILES string of the molecule is CCCn1ncc(OC)c1C(=O)Cc1ccc(N)cc1. The van der Waals surface area contributed by atoms with Crippen LogP contribution in [0.15, 0.2) is 30.5 Å². The Balaban J connectivity index is 2.23. The fourth-order valence-corrected chi connectivity index (χ4v) is 2.08. The molecule has 20 heavy (non-hydrogen) atoms. The molecule has 2 rings (SSSR count). The predicted octanol–water partition coefficient (Wildman–Crippen LogP) is 2.31. The van der Waals surface area contributed by atoms with E-state index in [1.807, 2.05) is 19.1 Å². The number of ether oxygens (including phenoxy) is 1. The molecule has 0 spiro atoms. The topological polar surface area (TPSA) is 70.1 Å². The number of benzene rings is 1. The average Bonchev–Trinajstić information content (AvgIpc) is 2.85. The monoisotopic (exact) mass is 273 g/mol. The molecule has 1 aromatic carbocycles. The molecule has 0 unspecified atom stereocenters. The van der Waals surface area contributed by atoms with Crippen molar-refractivity contribution in [2.45, 2.75) is 26.3 Å². The third kappa shape index (κ3) is 2.99. The van der Waals surface area contributed by atoms with Gasteiger partial charge in [0, 0.05) is 18.7 Å². The molecule has 0 bridgehead atoms. The van der Waals surface area contributed by atoms with Gasteiger partial charge in [0.2, 0.25) is 0 Å². The Kier molecular flexibility index (Phi) is 4.40. The van der Waals surface area contributed by atoms with Gasteiger partial charge in [-0.25, -0.2) is 0 Å². The number of aromatic nitrogens is 2. The van der Waals surface area contributed by atoms with Gasteiger partial charge in [-0.1, -0.05) is 19.1 Å². The number of nitrogens with zero attached hydrogens (tertiary/aromatic N) is 2. The van der Waals surface area contributed by atoms with Crippen LogP contribution in [0, 0.1) is 0 Å². The van der Waals surface area contributed by atoms with Gasteiger partial charge in [0.15, 0.2) is 11.5 Å². The minimum atomic E-state index is -0.00225. The summed E-state index contributed by atoms with van der Waals surface area (Å²) in [5.74, 6) is 0.525. The molecule has 0 saturated carbocycles. The lowest BCUT2D eigenvalue weighted by Gasteiger charge is -2.07. The predicted molar refractivity (Wildman–Crippen MR) is 78.0 cm³/mol. The highest BCUT2D eigenvalue weighted by atomic mass is 16.5. The smallest absolute Gasteiger partial charge is 0.189 e. The van der Waals surface area contributed by atoms with Crippen LogP contribution in [0.1, 0.15) is 29.4 Å². The van der Waals surface area contributed by atoms with Gasteiger partial charge in [-0.2, -0.15) is 5.10 Å². The molecule has 1 heterocycles. The summed E-state index contributed by atoms with van der Waals surface area (Å²) in [7, 11) is 1.55. The molecular formula is C15H19N3O2. The van der Waals surface area contributed by atoms with Crippen molar-refractivity contribution < 1.29 is 9.53 Å². The largest absolute Gasteiger partial charge is 0.493 e. The summed E-state index contributed by atoms with van der Waals surface area (Å²) < 4.78 is 6.93. The van der Waals surface area contributed by atoms with Crippen molar-refractivity contribution in [2.75, 3.05) is 12.8 Å². The zero-order valence-electron chi connectivity index (χ0n) is 11.8. The number of ketones is 1. The van der Waals surface area contributed by atoms with Crippen LogP contribution < -0.4 is 10.5 Å². The highest BCUT2D eigenvalue weighted by molar-refractivity contribution is 5.98. The van der Waals surface area contributed by atoms with E-state index in [-0.39, 0.29) is 5.78 Å². The van der Waals surface area contributed by atoms with Crippen LogP contribution in [0.5, 0.6) is 5.75 Å². The molecule has 5 heteroatoms. The van der Waals surface area contributed by atoms with E-state index in [9.17, 15) is 4.79 Å². The molecule has 0 radical (unpaired) electrons. The number of Topliss-reactive ketones (excluding diaryl/α,β-unsaturated/α-hetero) is 1. The molecule has 0 amide bonds. The highest BCUT2D eigenvalue weighted by Crippen LogP contribution is 2.20. The van der Waals surface area contributed by atoms with Crippen LogP contribution in [0.4, 0.5) is 5.69 Å². The maximum absolute atomic E-state index is 12.5. The van der Waals surface area contributed by atoms with Gasteiger partial charge in [0.05, 0.1) is 13.3 Å². The van der Waals surface area contributed by atoms with Gasteiger partial charge in [-0.15, -0.1) is 0 Å². The number of aryl methyl sites for hydroxylation is 1. The van der Waals surface area contributed by atoms with E-state index in [0.29, 0.717) is 30.1 Å². The first-order valence-corrected chi connectivity index (χ1v) is 6.63. The van der Waals surface area contributed by atoms with Crippen molar-refractivity contribution in [2.24, 2.45) is 0 Å². The number of rotatable bonds is 6. The number of carbonyl (C=O) groups excluding carboxylic acids is 1. The number of hydrogen-bond acceptors (Lipinski definition) is 4. The van der Waals surface area contributed by atoms with Crippen molar-refractivity contribution in [3.8, 4) is 5.75 Å². The van der Waals surface area contributed by atoms with Crippen LogP contribution in [-0.2, 0) is 13.0 Å². The first-order chi connectivity index (χ1) is 9.65. The Labute approximate surface area is 118 Å². The van der Waals surface area contributed by atoms with E-state index in [1.54, 1.807) is 30.1 Å².